The zero-order chi connectivity index (χ0) is 15.1. The van der Waals surface area contributed by atoms with Crippen molar-refractivity contribution >= 4 is 0 Å². The molecule has 0 unspecified atom stereocenters. The van der Waals surface area contributed by atoms with Gasteiger partial charge in [-0.3, -0.25) is 0 Å². The van der Waals surface area contributed by atoms with Gasteiger partial charge in [0, 0.05) is 5.92 Å². The minimum absolute atomic E-state index is 0.443. The first kappa shape index (κ1) is 15.6. The highest BCUT2D eigenvalue weighted by atomic mass is 16.5. The molecule has 0 bridgehead atoms. The van der Waals surface area contributed by atoms with Crippen LogP contribution in [0.4, 0.5) is 0 Å². The summed E-state index contributed by atoms with van der Waals surface area (Å²) < 4.78 is 11.5. The summed E-state index contributed by atoms with van der Waals surface area (Å²) in [5.74, 6) is 3.22. The van der Waals surface area contributed by atoms with Gasteiger partial charge in [-0.15, -0.1) is 0 Å². The van der Waals surface area contributed by atoms with Crippen LogP contribution in [-0.4, -0.2) is 11.6 Å². The van der Waals surface area contributed by atoms with Crippen molar-refractivity contribution in [2.45, 2.75) is 52.4 Å². The quantitative estimate of drug-likeness (QED) is 0.648. The predicted octanol–water partition coefficient (Wildman–Crippen LogP) is 4.90. The van der Waals surface area contributed by atoms with Crippen molar-refractivity contribution in [3.05, 3.63) is 47.7 Å². The highest BCUT2D eigenvalue weighted by molar-refractivity contribution is 5.20. The van der Waals surface area contributed by atoms with E-state index in [0.29, 0.717) is 12.5 Å². The molecule has 0 fully saturated rings. The molecule has 114 valence electrons. The van der Waals surface area contributed by atoms with Crippen molar-refractivity contribution < 1.29 is 9.15 Å². The van der Waals surface area contributed by atoms with Gasteiger partial charge in [-0.25, -0.2) is 4.98 Å². The van der Waals surface area contributed by atoms with Crippen LogP contribution in [0, 0.1) is 6.92 Å². The number of ether oxygens (including phenoxy) is 1. The molecule has 21 heavy (non-hydrogen) atoms. The number of benzene rings is 1. The number of aromatic nitrogens is 1. The minimum Gasteiger partial charge on any atom is -0.494 e. The monoisotopic (exact) mass is 287 g/mol. The van der Waals surface area contributed by atoms with Crippen LogP contribution in [0.25, 0.3) is 0 Å². The second-order valence-corrected chi connectivity index (χ2v) is 5.33. The van der Waals surface area contributed by atoms with Crippen LogP contribution in [0.15, 0.2) is 34.7 Å². The van der Waals surface area contributed by atoms with Gasteiger partial charge in [0.05, 0.1) is 12.3 Å². The summed E-state index contributed by atoms with van der Waals surface area (Å²) in [5.41, 5.74) is 1.08. The molecule has 0 amide bonds. The van der Waals surface area contributed by atoms with Crippen LogP contribution < -0.4 is 4.74 Å². The van der Waals surface area contributed by atoms with Crippen molar-refractivity contribution in [2.75, 3.05) is 6.61 Å². The van der Waals surface area contributed by atoms with Crippen LogP contribution in [0.2, 0.25) is 0 Å². The van der Waals surface area contributed by atoms with Gasteiger partial charge < -0.3 is 9.15 Å². The van der Waals surface area contributed by atoms with Crippen LogP contribution in [0.1, 0.15) is 56.4 Å². The third-order valence-electron chi connectivity index (χ3n) is 3.81. The molecule has 1 aromatic heterocycles. The lowest BCUT2D eigenvalue weighted by Gasteiger charge is -2.06. The first-order valence-electron chi connectivity index (χ1n) is 7.88. The van der Waals surface area contributed by atoms with Gasteiger partial charge >= 0.3 is 0 Å². The van der Waals surface area contributed by atoms with Crippen molar-refractivity contribution in [1.29, 1.82) is 0 Å². The molecule has 1 heterocycles. The standard InChI is InChI=1S/C18H25NO2/c1-4-15(5-2)18-19-17(14(3)21-18)12-9-13-20-16-10-7-6-8-11-16/h6-8,10-11,15H,4-5,9,12-13H2,1-3H3. The van der Waals surface area contributed by atoms with Crippen LogP contribution in [-0.2, 0) is 6.42 Å². The van der Waals surface area contributed by atoms with E-state index in [2.05, 4.69) is 18.8 Å². The van der Waals surface area contributed by atoms with E-state index in [-0.39, 0.29) is 0 Å². The van der Waals surface area contributed by atoms with Crippen molar-refractivity contribution in [1.82, 2.24) is 4.98 Å². The summed E-state index contributed by atoms with van der Waals surface area (Å²) in [4.78, 5) is 4.67. The molecule has 0 aliphatic rings. The normalized spacial score (nSPS) is 11.0. The lowest BCUT2D eigenvalue weighted by atomic mass is 10.0. The van der Waals surface area contributed by atoms with E-state index < -0.39 is 0 Å². The molecule has 2 rings (SSSR count). The van der Waals surface area contributed by atoms with E-state index >= 15 is 0 Å². The van der Waals surface area contributed by atoms with Crippen LogP contribution in [0.5, 0.6) is 5.75 Å². The summed E-state index contributed by atoms with van der Waals surface area (Å²) in [6, 6.07) is 9.92. The molecule has 0 spiro atoms. The Hall–Kier alpha value is -1.77. The number of hydrogen-bond acceptors (Lipinski definition) is 3. The average molecular weight is 287 g/mol. The van der Waals surface area contributed by atoms with Gasteiger partial charge in [-0.2, -0.15) is 0 Å². The fourth-order valence-corrected chi connectivity index (χ4v) is 2.44. The molecule has 0 saturated carbocycles. The summed E-state index contributed by atoms with van der Waals surface area (Å²) in [6.07, 6.45) is 4.01. The molecule has 3 nitrogen and oxygen atoms in total. The van der Waals surface area contributed by atoms with E-state index in [1.165, 1.54) is 0 Å². The van der Waals surface area contributed by atoms with E-state index in [9.17, 15) is 0 Å². The summed E-state index contributed by atoms with van der Waals surface area (Å²) in [7, 11) is 0. The fourth-order valence-electron chi connectivity index (χ4n) is 2.44. The lowest BCUT2D eigenvalue weighted by molar-refractivity contribution is 0.310. The number of aryl methyl sites for hydroxylation is 2. The molecule has 0 atom stereocenters. The lowest BCUT2D eigenvalue weighted by Crippen LogP contribution is -2.01. The zero-order valence-electron chi connectivity index (χ0n) is 13.3. The van der Waals surface area contributed by atoms with E-state index in [1.54, 1.807) is 0 Å². The molecule has 0 N–H and O–H groups in total. The van der Waals surface area contributed by atoms with Gasteiger partial charge in [0.1, 0.15) is 11.5 Å². The van der Waals surface area contributed by atoms with Crippen LogP contribution >= 0.6 is 0 Å². The van der Waals surface area contributed by atoms with Crippen molar-refractivity contribution in [3.63, 3.8) is 0 Å². The maximum absolute atomic E-state index is 5.82. The summed E-state index contributed by atoms with van der Waals surface area (Å²) >= 11 is 0. The number of rotatable bonds is 8. The second kappa shape index (κ2) is 7.87. The van der Waals surface area contributed by atoms with Crippen LogP contribution in [0.3, 0.4) is 0 Å². The predicted molar refractivity (Wildman–Crippen MR) is 84.8 cm³/mol. The Kier molecular flexibility index (Phi) is 5.85. The number of nitrogens with zero attached hydrogens (tertiary/aromatic N) is 1. The summed E-state index contributed by atoms with van der Waals surface area (Å²) in [6.45, 7) is 7.07. The fraction of sp³-hybridized carbons (Fsp3) is 0.500. The Balaban J connectivity index is 1.83. The highest BCUT2D eigenvalue weighted by Crippen LogP contribution is 2.24. The Morgan fingerprint density at radius 1 is 1.14 bits per heavy atom. The van der Waals surface area contributed by atoms with Crippen molar-refractivity contribution in [2.24, 2.45) is 0 Å². The molecule has 0 aliphatic carbocycles. The molecule has 1 aromatic carbocycles. The smallest absolute Gasteiger partial charge is 0.197 e. The molecule has 0 saturated heterocycles. The first-order valence-corrected chi connectivity index (χ1v) is 7.88. The second-order valence-electron chi connectivity index (χ2n) is 5.33. The van der Waals surface area contributed by atoms with Crippen molar-refractivity contribution in [3.8, 4) is 5.75 Å². The molecular weight excluding hydrogens is 262 g/mol. The third kappa shape index (κ3) is 4.35. The Bertz CT molecular complexity index is 529. The number of oxazole rings is 1. The van der Waals surface area contributed by atoms with E-state index in [4.69, 9.17) is 9.15 Å². The zero-order valence-corrected chi connectivity index (χ0v) is 13.3. The van der Waals surface area contributed by atoms with E-state index in [1.807, 2.05) is 37.3 Å². The number of hydrogen-bond donors (Lipinski definition) is 0. The van der Waals surface area contributed by atoms with E-state index in [0.717, 1.165) is 48.8 Å². The Morgan fingerprint density at radius 2 is 1.86 bits per heavy atom. The first-order chi connectivity index (χ1) is 10.2. The maximum Gasteiger partial charge on any atom is 0.197 e. The van der Waals surface area contributed by atoms with Gasteiger partial charge in [0.2, 0.25) is 0 Å². The van der Waals surface area contributed by atoms with Gasteiger partial charge in [0.25, 0.3) is 0 Å². The Labute approximate surface area is 127 Å². The SMILES string of the molecule is CCC(CC)c1nc(CCCOc2ccccc2)c(C)o1. The average Bonchev–Trinajstić information content (AvgIpc) is 2.87. The Morgan fingerprint density at radius 3 is 2.52 bits per heavy atom. The largest absolute Gasteiger partial charge is 0.494 e. The molecular formula is C18H25NO2. The summed E-state index contributed by atoms with van der Waals surface area (Å²) in [5, 5.41) is 0. The topological polar surface area (TPSA) is 35.3 Å². The molecule has 0 aliphatic heterocycles. The van der Waals surface area contributed by atoms with Gasteiger partial charge in [-0.1, -0.05) is 32.0 Å². The number of para-hydroxylation sites is 1. The van der Waals surface area contributed by atoms with Gasteiger partial charge in [0.15, 0.2) is 5.89 Å². The minimum atomic E-state index is 0.443. The maximum atomic E-state index is 5.82. The highest BCUT2D eigenvalue weighted by Gasteiger charge is 2.16. The third-order valence-corrected chi connectivity index (χ3v) is 3.81. The molecule has 3 heteroatoms. The molecule has 0 radical (unpaired) electrons. The molecule has 2 aromatic rings. The van der Waals surface area contributed by atoms with Gasteiger partial charge in [-0.05, 0) is 44.7 Å².